The Hall–Kier alpha value is -2.90. The van der Waals surface area contributed by atoms with Gasteiger partial charge in [0.25, 0.3) is 5.91 Å². The number of carbonyl (C=O) groups excluding carboxylic acids is 2. The molecule has 1 aromatic carbocycles. The second kappa shape index (κ2) is 9.76. The molecule has 2 amide bonds. The van der Waals surface area contributed by atoms with Crippen molar-refractivity contribution < 1.29 is 14.0 Å². The molecule has 178 valence electrons. The molecule has 2 aliphatic rings. The molecule has 0 saturated carbocycles. The van der Waals surface area contributed by atoms with Crippen LogP contribution in [0.3, 0.4) is 0 Å². The number of rotatable bonds is 5. The van der Waals surface area contributed by atoms with Crippen LogP contribution in [0.1, 0.15) is 51.5 Å². The first-order valence-electron chi connectivity index (χ1n) is 12.0. The fourth-order valence-electron chi connectivity index (χ4n) is 5.29. The molecule has 6 nitrogen and oxygen atoms in total. The summed E-state index contributed by atoms with van der Waals surface area (Å²) in [4.78, 5) is 33.5. The number of nitrogens with zero attached hydrogens (tertiary/aromatic N) is 3. The molecule has 2 atom stereocenters. The van der Waals surface area contributed by atoms with Crippen molar-refractivity contribution in [3.8, 4) is 0 Å². The topological polar surface area (TPSA) is 57.0 Å². The van der Waals surface area contributed by atoms with Crippen LogP contribution in [0.15, 0.2) is 58.5 Å². The zero-order chi connectivity index (χ0) is 23.7. The third kappa shape index (κ3) is 4.42. The molecule has 3 aromatic rings. The van der Waals surface area contributed by atoms with Crippen molar-refractivity contribution >= 4 is 23.2 Å². The van der Waals surface area contributed by atoms with E-state index in [1.165, 1.54) is 27.8 Å². The molecule has 7 heteroatoms. The second-order valence-electron chi connectivity index (χ2n) is 9.26. The largest absolute Gasteiger partial charge is 0.459 e. The molecule has 5 rings (SSSR count). The summed E-state index contributed by atoms with van der Waals surface area (Å²) in [6, 6.07) is 14.4. The highest BCUT2D eigenvalue weighted by Gasteiger charge is 2.33. The highest BCUT2D eigenvalue weighted by Crippen LogP contribution is 2.38. The van der Waals surface area contributed by atoms with Crippen LogP contribution in [0.5, 0.6) is 0 Å². The van der Waals surface area contributed by atoms with Crippen LogP contribution in [0.25, 0.3) is 0 Å². The summed E-state index contributed by atoms with van der Waals surface area (Å²) >= 11 is 1.84. The maximum atomic E-state index is 13.2. The van der Waals surface area contributed by atoms with Gasteiger partial charge in [-0.15, -0.1) is 11.3 Å². The average molecular weight is 478 g/mol. The van der Waals surface area contributed by atoms with E-state index < -0.39 is 0 Å². The van der Waals surface area contributed by atoms with Crippen LogP contribution in [0, 0.1) is 6.92 Å². The predicted octanol–water partition coefficient (Wildman–Crippen LogP) is 4.36. The summed E-state index contributed by atoms with van der Waals surface area (Å²) < 4.78 is 5.27. The minimum absolute atomic E-state index is 0.0432. The number of amides is 2. The highest BCUT2D eigenvalue weighted by atomic mass is 32.1. The van der Waals surface area contributed by atoms with Gasteiger partial charge in [0.2, 0.25) is 5.91 Å². The third-order valence-corrected chi connectivity index (χ3v) is 8.13. The van der Waals surface area contributed by atoms with Crippen molar-refractivity contribution in [1.29, 1.82) is 0 Å². The lowest BCUT2D eigenvalue weighted by molar-refractivity contribution is -0.134. The van der Waals surface area contributed by atoms with Gasteiger partial charge in [0.05, 0.1) is 12.3 Å². The van der Waals surface area contributed by atoms with Gasteiger partial charge in [0.1, 0.15) is 0 Å². The number of carbonyl (C=O) groups is 2. The quantitative estimate of drug-likeness (QED) is 0.548. The van der Waals surface area contributed by atoms with Crippen LogP contribution < -0.4 is 0 Å². The van der Waals surface area contributed by atoms with Gasteiger partial charge < -0.3 is 14.2 Å². The molecule has 0 bridgehead atoms. The van der Waals surface area contributed by atoms with Crippen molar-refractivity contribution in [3.05, 3.63) is 81.4 Å². The van der Waals surface area contributed by atoms with E-state index in [2.05, 4.69) is 47.5 Å². The van der Waals surface area contributed by atoms with Gasteiger partial charge in [0, 0.05) is 50.1 Å². The van der Waals surface area contributed by atoms with Crippen LogP contribution in [-0.2, 0) is 11.2 Å². The summed E-state index contributed by atoms with van der Waals surface area (Å²) in [5, 5.41) is 2.19. The molecule has 2 aromatic heterocycles. The summed E-state index contributed by atoms with van der Waals surface area (Å²) in [7, 11) is 0. The Balaban J connectivity index is 1.24. The number of benzene rings is 1. The molecule has 1 fully saturated rings. The highest BCUT2D eigenvalue weighted by molar-refractivity contribution is 7.10. The van der Waals surface area contributed by atoms with E-state index in [4.69, 9.17) is 4.42 Å². The van der Waals surface area contributed by atoms with E-state index in [0.717, 1.165) is 19.5 Å². The summed E-state index contributed by atoms with van der Waals surface area (Å²) in [6.07, 6.45) is 3.04. The summed E-state index contributed by atoms with van der Waals surface area (Å²) in [5.74, 6) is 0.411. The van der Waals surface area contributed by atoms with Gasteiger partial charge >= 0.3 is 0 Å². The number of thiophene rings is 1. The summed E-state index contributed by atoms with van der Waals surface area (Å²) in [6.45, 7) is 7.50. The number of aryl methyl sites for hydroxylation is 1. The number of piperazine rings is 1. The summed E-state index contributed by atoms with van der Waals surface area (Å²) in [5.41, 5.74) is 4.00. The lowest BCUT2D eigenvalue weighted by Crippen LogP contribution is -2.55. The second-order valence-corrected chi connectivity index (χ2v) is 10.3. The van der Waals surface area contributed by atoms with Gasteiger partial charge in [-0.25, -0.2) is 0 Å². The molecule has 1 saturated heterocycles. The lowest BCUT2D eigenvalue weighted by Gasteiger charge is -2.40. The number of furan rings is 1. The first-order chi connectivity index (χ1) is 16.5. The van der Waals surface area contributed by atoms with E-state index in [0.29, 0.717) is 31.8 Å². The van der Waals surface area contributed by atoms with E-state index in [9.17, 15) is 9.59 Å². The molecular formula is C27H31N3O3S. The predicted molar refractivity (Wildman–Crippen MR) is 133 cm³/mol. The van der Waals surface area contributed by atoms with Crippen molar-refractivity contribution in [2.75, 3.05) is 32.7 Å². The van der Waals surface area contributed by atoms with Crippen LogP contribution in [0.2, 0.25) is 0 Å². The van der Waals surface area contributed by atoms with Crippen molar-refractivity contribution in [2.45, 2.75) is 38.8 Å². The van der Waals surface area contributed by atoms with Crippen LogP contribution in [0.4, 0.5) is 0 Å². The van der Waals surface area contributed by atoms with Gasteiger partial charge in [-0.2, -0.15) is 0 Å². The molecule has 4 heterocycles. The molecular weight excluding hydrogens is 446 g/mol. The Kier molecular flexibility index (Phi) is 6.57. The third-order valence-electron chi connectivity index (χ3n) is 7.13. The SMILES string of the molecule is Cc1ccccc1C1c2ccsc2CCN1CCC(=O)N1CCN(C(=O)c2ccco2)C(C)C1. The zero-order valence-corrected chi connectivity index (χ0v) is 20.6. The molecule has 0 radical (unpaired) electrons. The van der Waals surface area contributed by atoms with Crippen molar-refractivity contribution in [2.24, 2.45) is 0 Å². The Morgan fingerprint density at radius 1 is 1.06 bits per heavy atom. The average Bonchev–Trinajstić information content (AvgIpc) is 3.54. The fourth-order valence-corrected chi connectivity index (χ4v) is 6.20. The van der Waals surface area contributed by atoms with Gasteiger partial charge in [0.15, 0.2) is 5.76 Å². The number of hydrogen-bond donors (Lipinski definition) is 0. The molecule has 2 aliphatic heterocycles. The van der Waals surface area contributed by atoms with E-state index in [1.54, 1.807) is 17.0 Å². The lowest BCUT2D eigenvalue weighted by atomic mass is 9.90. The minimum atomic E-state index is -0.106. The van der Waals surface area contributed by atoms with Gasteiger partial charge in [-0.1, -0.05) is 24.3 Å². The Morgan fingerprint density at radius 3 is 2.68 bits per heavy atom. The van der Waals surface area contributed by atoms with E-state index >= 15 is 0 Å². The molecule has 0 spiro atoms. The molecule has 2 unspecified atom stereocenters. The Labute approximate surface area is 204 Å². The van der Waals surface area contributed by atoms with Crippen LogP contribution >= 0.6 is 11.3 Å². The van der Waals surface area contributed by atoms with E-state index in [-0.39, 0.29) is 23.9 Å². The monoisotopic (exact) mass is 477 g/mol. The number of hydrogen-bond acceptors (Lipinski definition) is 5. The molecule has 0 aliphatic carbocycles. The molecule has 34 heavy (non-hydrogen) atoms. The normalized spacial score (nSPS) is 20.9. The minimum Gasteiger partial charge on any atom is -0.459 e. The zero-order valence-electron chi connectivity index (χ0n) is 19.8. The smallest absolute Gasteiger partial charge is 0.289 e. The maximum absolute atomic E-state index is 13.2. The van der Waals surface area contributed by atoms with Crippen molar-refractivity contribution in [1.82, 2.24) is 14.7 Å². The standard InChI is InChI=1S/C27H31N3O3S/c1-19-6-3-4-7-21(19)26-22-11-17-34-24(22)9-12-28(26)13-10-25(31)29-14-15-30(20(2)18-29)27(32)23-8-5-16-33-23/h3-8,11,16-17,20,26H,9-10,12-15,18H2,1-2H3. The van der Waals surface area contributed by atoms with Gasteiger partial charge in [-0.3, -0.25) is 14.5 Å². The first-order valence-corrected chi connectivity index (χ1v) is 12.9. The molecule has 0 N–H and O–H groups in total. The number of fused-ring (bicyclic) bond motifs is 1. The van der Waals surface area contributed by atoms with Crippen LogP contribution in [-0.4, -0.2) is 65.3 Å². The van der Waals surface area contributed by atoms with Gasteiger partial charge in [-0.05, 0) is 60.5 Å². The first kappa shape index (κ1) is 22.9. The fraction of sp³-hybridized carbons (Fsp3) is 0.407. The Morgan fingerprint density at radius 2 is 1.91 bits per heavy atom. The maximum Gasteiger partial charge on any atom is 0.289 e. The Bertz CT molecular complexity index is 1160. The van der Waals surface area contributed by atoms with E-state index in [1.807, 2.05) is 23.2 Å². The van der Waals surface area contributed by atoms with Crippen molar-refractivity contribution in [3.63, 3.8) is 0 Å².